The summed E-state index contributed by atoms with van der Waals surface area (Å²) < 4.78 is 5.46. The van der Waals surface area contributed by atoms with E-state index in [1.165, 1.54) is 11.8 Å². The second kappa shape index (κ2) is 4.16. The molecule has 0 spiro atoms. The van der Waals surface area contributed by atoms with Crippen LogP contribution in [0.4, 0.5) is 0 Å². The van der Waals surface area contributed by atoms with Gasteiger partial charge >= 0.3 is 0 Å². The fourth-order valence-corrected chi connectivity index (χ4v) is 1.78. The van der Waals surface area contributed by atoms with Crippen LogP contribution >= 0.6 is 11.8 Å². The van der Waals surface area contributed by atoms with Crippen molar-refractivity contribution in [3.05, 3.63) is 24.3 Å². The molecule has 0 radical (unpaired) electrons. The number of hydrogen-bond acceptors (Lipinski definition) is 4. The van der Waals surface area contributed by atoms with Gasteiger partial charge < -0.3 is 4.42 Å². The summed E-state index contributed by atoms with van der Waals surface area (Å²) in [7, 11) is 0. The smallest absolute Gasteiger partial charge is 0.256 e. The molecule has 0 bridgehead atoms. The van der Waals surface area contributed by atoms with E-state index in [2.05, 4.69) is 11.1 Å². The Morgan fingerprint density at radius 3 is 3.07 bits per heavy atom. The standard InChI is InChI=1S/C10H8N2OS/c11-6-3-7-14-10-12-8-4-1-2-5-9(8)13-10/h1-2,4-5H,3,7H2. The van der Waals surface area contributed by atoms with Gasteiger partial charge in [-0.2, -0.15) is 5.26 Å². The maximum Gasteiger partial charge on any atom is 0.256 e. The summed E-state index contributed by atoms with van der Waals surface area (Å²) in [5, 5.41) is 9.01. The highest BCUT2D eigenvalue weighted by atomic mass is 32.2. The molecule has 0 saturated carbocycles. The Labute approximate surface area is 85.7 Å². The first-order valence-electron chi connectivity index (χ1n) is 4.25. The van der Waals surface area contributed by atoms with Crippen LogP contribution in [0.25, 0.3) is 11.1 Å². The third-order valence-electron chi connectivity index (χ3n) is 1.71. The van der Waals surface area contributed by atoms with Gasteiger partial charge in [-0.25, -0.2) is 4.98 Å². The van der Waals surface area contributed by atoms with Crippen LogP contribution in [-0.2, 0) is 0 Å². The Morgan fingerprint density at radius 2 is 2.29 bits per heavy atom. The van der Waals surface area contributed by atoms with Gasteiger partial charge in [0.25, 0.3) is 5.22 Å². The average Bonchev–Trinajstić information content (AvgIpc) is 2.60. The van der Waals surface area contributed by atoms with Gasteiger partial charge in [0.05, 0.1) is 6.07 Å². The molecule has 4 heteroatoms. The first kappa shape index (κ1) is 9.10. The quantitative estimate of drug-likeness (QED) is 0.569. The second-order valence-corrected chi connectivity index (χ2v) is 3.75. The van der Waals surface area contributed by atoms with Gasteiger partial charge in [-0.1, -0.05) is 23.9 Å². The molecule has 1 heterocycles. The third-order valence-corrected chi connectivity index (χ3v) is 2.54. The van der Waals surface area contributed by atoms with Gasteiger partial charge in [0.1, 0.15) is 5.52 Å². The number of benzene rings is 1. The Balaban J connectivity index is 2.15. The van der Waals surface area contributed by atoms with E-state index in [0.29, 0.717) is 11.6 Å². The molecule has 1 aromatic heterocycles. The highest BCUT2D eigenvalue weighted by Crippen LogP contribution is 2.23. The van der Waals surface area contributed by atoms with Crippen LogP contribution in [0.1, 0.15) is 6.42 Å². The van der Waals surface area contributed by atoms with E-state index in [9.17, 15) is 0 Å². The molecular weight excluding hydrogens is 196 g/mol. The molecule has 2 rings (SSSR count). The minimum atomic E-state index is 0.517. The van der Waals surface area contributed by atoms with Gasteiger partial charge in [-0.05, 0) is 12.1 Å². The Kier molecular flexibility index (Phi) is 2.70. The van der Waals surface area contributed by atoms with Crippen LogP contribution in [0.15, 0.2) is 33.9 Å². The topological polar surface area (TPSA) is 49.8 Å². The number of thioether (sulfide) groups is 1. The second-order valence-electron chi connectivity index (χ2n) is 2.70. The molecule has 0 atom stereocenters. The lowest BCUT2D eigenvalue weighted by atomic mass is 10.3. The number of fused-ring (bicyclic) bond motifs is 1. The van der Waals surface area contributed by atoms with Gasteiger partial charge in [0, 0.05) is 12.2 Å². The van der Waals surface area contributed by atoms with Crippen LogP contribution in [0.5, 0.6) is 0 Å². The average molecular weight is 204 g/mol. The zero-order valence-electron chi connectivity index (χ0n) is 7.43. The van der Waals surface area contributed by atoms with Crippen LogP contribution in [-0.4, -0.2) is 10.7 Å². The van der Waals surface area contributed by atoms with E-state index in [1.807, 2.05) is 24.3 Å². The van der Waals surface area contributed by atoms with Crippen LogP contribution < -0.4 is 0 Å². The molecule has 1 aromatic carbocycles. The third kappa shape index (κ3) is 1.88. The Bertz CT molecular complexity index is 439. The molecule has 0 amide bonds. The number of aromatic nitrogens is 1. The molecule has 2 aromatic rings. The zero-order chi connectivity index (χ0) is 9.80. The lowest BCUT2D eigenvalue weighted by Gasteiger charge is -1.87. The summed E-state index contributed by atoms with van der Waals surface area (Å²) in [4.78, 5) is 4.27. The zero-order valence-corrected chi connectivity index (χ0v) is 8.25. The van der Waals surface area contributed by atoms with Crippen molar-refractivity contribution < 1.29 is 4.42 Å². The molecule has 0 N–H and O–H groups in total. The summed E-state index contributed by atoms with van der Waals surface area (Å²) >= 11 is 1.47. The van der Waals surface area contributed by atoms with E-state index < -0.39 is 0 Å². The minimum Gasteiger partial charge on any atom is -0.431 e. The van der Waals surface area contributed by atoms with Crippen LogP contribution in [0.3, 0.4) is 0 Å². The molecule has 0 unspecified atom stereocenters. The highest BCUT2D eigenvalue weighted by molar-refractivity contribution is 7.99. The number of rotatable bonds is 3. The summed E-state index contributed by atoms with van der Waals surface area (Å²) in [6, 6.07) is 9.72. The summed E-state index contributed by atoms with van der Waals surface area (Å²) in [6.45, 7) is 0. The van der Waals surface area contributed by atoms with Gasteiger partial charge in [-0.15, -0.1) is 0 Å². The van der Waals surface area contributed by atoms with Crippen LogP contribution in [0, 0.1) is 11.3 Å². The van der Waals surface area contributed by atoms with Crippen LogP contribution in [0.2, 0.25) is 0 Å². The number of oxazole rings is 1. The Morgan fingerprint density at radius 1 is 1.43 bits per heavy atom. The maximum atomic E-state index is 8.37. The van der Waals surface area contributed by atoms with Gasteiger partial charge in [0.15, 0.2) is 5.58 Å². The lowest BCUT2D eigenvalue weighted by Crippen LogP contribution is -1.75. The predicted molar refractivity (Wildman–Crippen MR) is 55.0 cm³/mol. The van der Waals surface area contributed by atoms with Crippen molar-refractivity contribution in [2.75, 3.05) is 5.75 Å². The minimum absolute atomic E-state index is 0.517. The molecule has 3 nitrogen and oxygen atoms in total. The molecule has 0 saturated heterocycles. The molecule has 70 valence electrons. The summed E-state index contributed by atoms with van der Waals surface area (Å²) in [5.41, 5.74) is 1.67. The van der Waals surface area contributed by atoms with Crippen molar-refractivity contribution in [2.24, 2.45) is 0 Å². The molecule has 14 heavy (non-hydrogen) atoms. The van der Waals surface area contributed by atoms with Crippen molar-refractivity contribution in [3.8, 4) is 6.07 Å². The molecular formula is C10H8N2OS. The maximum absolute atomic E-state index is 8.37. The van der Waals surface area contributed by atoms with Crippen molar-refractivity contribution in [1.82, 2.24) is 4.98 Å². The van der Waals surface area contributed by atoms with Crippen molar-refractivity contribution in [1.29, 1.82) is 5.26 Å². The van der Waals surface area contributed by atoms with E-state index in [4.69, 9.17) is 9.68 Å². The highest BCUT2D eigenvalue weighted by Gasteiger charge is 2.04. The van der Waals surface area contributed by atoms with Gasteiger partial charge in [-0.3, -0.25) is 0 Å². The van der Waals surface area contributed by atoms with E-state index in [1.54, 1.807) is 0 Å². The van der Waals surface area contributed by atoms with Crippen molar-refractivity contribution >= 4 is 22.9 Å². The Hall–Kier alpha value is -1.47. The van der Waals surface area contributed by atoms with Crippen molar-refractivity contribution in [2.45, 2.75) is 11.6 Å². The first-order valence-corrected chi connectivity index (χ1v) is 5.24. The molecule has 0 aliphatic rings. The van der Waals surface area contributed by atoms with Crippen molar-refractivity contribution in [3.63, 3.8) is 0 Å². The van der Waals surface area contributed by atoms with E-state index >= 15 is 0 Å². The van der Waals surface area contributed by atoms with E-state index in [0.717, 1.165) is 16.9 Å². The fourth-order valence-electron chi connectivity index (χ4n) is 1.10. The molecule has 0 fully saturated rings. The van der Waals surface area contributed by atoms with Gasteiger partial charge in [0.2, 0.25) is 0 Å². The largest absolute Gasteiger partial charge is 0.431 e. The molecule has 0 aliphatic heterocycles. The number of para-hydroxylation sites is 2. The first-order chi connectivity index (χ1) is 6.90. The summed E-state index contributed by atoms with van der Waals surface area (Å²) in [6.07, 6.45) is 0.517. The predicted octanol–water partition coefficient (Wildman–Crippen LogP) is 2.83. The number of hydrogen-bond donors (Lipinski definition) is 0. The lowest BCUT2D eigenvalue weighted by molar-refractivity contribution is 0.489. The molecule has 0 aliphatic carbocycles. The normalized spacial score (nSPS) is 10.2. The summed E-state index contributed by atoms with van der Waals surface area (Å²) in [5.74, 6) is 0.726. The SMILES string of the molecule is N#CCCSc1nc2ccccc2o1. The fraction of sp³-hybridized carbons (Fsp3) is 0.200. The number of nitriles is 1. The monoisotopic (exact) mass is 204 g/mol. The van der Waals surface area contributed by atoms with E-state index in [-0.39, 0.29) is 0 Å². The number of nitrogens with zero attached hydrogens (tertiary/aromatic N) is 2.